The molecule has 1 fully saturated rings. The first-order valence-electron chi connectivity index (χ1n) is 7.54. The molecule has 0 bridgehead atoms. The fraction of sp³-hybridized carbons (Fsp3) is 0.529. The summed E-state index contributed by atoms with van der Waals surface area (Å²) >= 11 is 6.30. The number of amides is 2. The number of carbonyl (C=O) groups is 2. The zero-order chi connectivity index (χ0) is 17.4. The predicted molar refractivity (Wildman–Crippen MR) is 90.2 cm³/mol. The Bertz CT molecular complexity index is 635. The number of anilines is 1. The molecule has 2 rings (SSSR count). The van der Waals surface area contributed by atoms with Crippen LogP contribution in [0.4, 0.5) is 5.69 Å². The van der Waals surface area contributed by atoms with E-state index in [0.29, 0.717) is 22.9 Å². The minimum absolute atomic E-state index is 0.0741. The second-order valence-corrected chi connectivity index (χ2v) is 7.90. The Labute approximate surface area is 141 Å². The van der Waals surface area contributed by atoms with Crippen molar-refractivity contribution in [3.8, 4) is 0 Å². The monoisotopic (exact) mass is 338 g/mol. The van der Waals surface area contributed by atoms with Gasteiger partial charge in [-0.15, -0.1) is 0 Å². The highest BCUT2D eigenvalue weighted by atomic mass is 35.5. The molecule has 1 saturated heterocycles. The summed E-state index contributed by atoms with van der Waals surface area (Å²) < 4.78 is 5.70. The maximum atomic E-state index is 12.0. The minimum atomic E-state index is -0.574. The standard InChI is InChI=1S/C17H23ClN2O3/c1-16(2,3)14(21)19-10-6-7-11(12(18)8-10)13-20-15(22)17(4,5)9-23-13/h6-8,13H,9H2,1-5H3,(H,19,21)(H,20,22). The molecule has 0 spiro atoms. The van der Waals surface area contributed by atoms with E-state index in [-0.39, 0.29) is 11.8 Å². The van der Waals surface area contributed by atoms with Crippen LogP contribution in [0.15, 0.2) is 18.2 Å². The van der Waals surface area contributed by atoms with Crippen LogP contribution >= 0.6 is 11.6 Å². The Balaban J connectivity index is 2.14. The molecule has 1 aliphatic heterocycles. The Morgan fingerprint density at radius 1 is 1.39 bits per heavy atom. The number of rotatable bonds is 2. The largest absolute Gasteiger partial charge is 0.353 e. The molecule has 5 nitrogen and oxygen atoms in total. The summed E-state index contributed by atoms with van der Waals surface area (Å²) in [6.45, 7) is 9.49. The molecule has 1 aromatic rings. The zero-order valence-electron chi connectivity index (χ0n) is 14.1. The fourth-order valence-electron chi connectivity index (χ4n) is 2.02. The predicted octanol–water partition coefficient (Wildman–Crippen LogP) is 3.50. The smallest absolute Gasteiger partial charge is 0.230 e. The van der Waals surface area contributed by atoms with E-state index in [1.165, 1.54) is 0 Å². The lowest BCUT2D eigenvalue weighted by Gasteiger charge is -2.34. The quantitative estimate of drug-likeness (QED) is 0.867. The number of hydrogen-bond donors (Lipinski definition) is 2. The Morgan fingerprint density at radius 3 is 2.57 bits per heavy atom. The van der Waals surface area contributed by atoms with Crippen LogP contribution in [0.1, 0.15) is 46.4 Å². The van der Waals surface area contributed by atoms with Crippen LogP contribution in [0, 0.1) is 10.8 Å². The van der Waals surface area contributed by atoms with Gasteiger partial charge in [-0.1, -0.05) is 38.4 Å². The summed E-state index contributed by atoms with van der Waals surface area (Å²) in [5.74, 6) is -0.166. The Kier molecular flexibility index (Phi) is 4.74. The molecule has 0 saturated carbocycles. The third-order valence-corrected chi connectivity index (χ3v) is 4.04. The topological polar surface area (TPSA) is 67.4 Å². The first-order chi connectivity index (χ1) is 10.5. The highest BCUT2D eigenvalue weighted by molar-refractivity contribution is 6.31. The molecule has 2 amide bonds. The van der Waals surface area contributed by atoms with Crippen molar-refractivity contribution in [1.82, 2.24) is 5.32 Å². The van der Waals surface area contributed by atoms with E-state index in [2.05, 4.69) is 10.6 Å². The van der Waals surface area contributed by atoms with Crippen LogP contribution in [0.5, 0.6) is 0 Å². The molecular weight excluding hydrogens is 316 g/mol. The van der Waals surface area contributed by atoms with Crippen molar-refractivity contribution >= 4 is 29.1 Å². The van der Waals surface area contributed by atoms with Crippen molar-refractivity contribution < 1.29 is 14.3 Å². The van der Waals surface area contributed by atoms with E-state index >= 15 is 0 Å². The lowest BCUT2D eigenvalue weighted by Crippen LogP contribution is -2.48. The average molecular weight is 339 g/mol. The second-order valence-electron chi connectivity index (χ2n) is 7.49. The number of nitrogens with one attached hydrogen (secondary N) is 2. The number of carbonyl (C=O) groups excluding carboxylic acids is 2. The van der Waals surface area contributed by atoms with Crippen molar-refractivity contribution in [2.24, 2.45) is 10.8 Å². The fourth-order valence-corrected chi connectivity index (χ4v) is 2.30. The van der Waals surface area contributed by atoms with Crippen molar-refractivity contribution in [3.63, 3.8) is 0 Å². The van der Waals surface area contributed by atoms with Crippen molar-refractivity contribution in [3.05, 3.63) is 28.8 Å². The van der Waals surface area contributed by atoms with Crippen LogP contribution in [-0.2, 0) is 14.3 Å². The van der Waals surface area contributed by atoms with Crippen molar-refractivity contribution in [1.29, 1.82) is 0 Å². The first-order valence-corrected chi connectivity index (χ1v) is 7.92. The van der Waals surface area contributed by atoms with Gasteiger partial charge in [-0.3, -0.25) is 9.59 Å². The zero-order valence-corrected chi connectivity index (χ0v) is 14.9. The lowest BCUT2D eigenvalue weighted by molar-refractivity contribution is -0.150. The van der Waals surface area contributed by atoms with Gasteiger partial charge >= 0.3 is 0 Å². The molecule has 1 heterocycles. The summed E-state index contributed by atoms with van der Waals surface area (Å²) in [5.41, 5.74) is 0.242. The molecule has 1 aromatic carbocycles. The molecule has 0 radical (unpaired) electrons. The Morgan fingerprint density at radius 2 is 2.04 bits per heavy atom. The van der Waals surface area contributed by atoms with Crippen molar-refractivity contribution in [2.75, 3.05) is 11.9 Å². The van der Waals surface area contributed by atoms with Gasteiger partial charge in [-0.05, 0) is 26.0 Å². The summed E-state index contributed by atoms with van der Waals surface area (Å²) in [4.78, 5) is 24.1. The number of ether oxygens (including phenoxy) is 1. The number of halogens is 1. The van der Waals surface area contributed by atoms with E-state index in [1.54, 1.807) is 18.2 Å². The van der Waals surface area contributed by atoms with Gasteiger partial charge in [0, 0.05) is 16.7 Å². The van der Waals surface area contributed by atoms with E-state index in [0.717, 1.165) is 0 Å². The maximum Gasteiger partial charge on any atom is 0.230 e. The van der Waals surface area contributed by atoms with Gasteiger partial charge in [0.2, 0.25) is 11.8 Å². The maximum absolute atomic E-state index is 12.0. The highest BCUT2D eigenvalue weighted by Gasteiger charge is 2.36. The number of hydrogen-bond acceptors (Lipinski definition) is 3. The molecule has 2 N–H and O–H groups in total. The summed E-state index contributed by atoms with van der Waals surface area (Å²) in [6.07, 6.45) is -0.574. The van der Waals surface area contributed by atoms with Gasteiger partial charge in [-0.25, -0.2) is 0 Å². The van der Waals surface area contributed by atoms with E-state index in [4.69, 9.17) is 16.3 Å². The van der Waals surface area contributed by atoms with Crippen LogP contribution in [-0.4, -0.2) is 18.4 Å². The molecule has 126 valence electrons. The molecular formula is C17H23ClN2O3. The van der Waals surface area contributed by atoms with E-state index in [1.807, 2.05) is 34.6 Å². The van der Waals surface area contributed by atoms with Crippen LogP contribution in [0.25, 0.3) is 0 Å². The second kappa shape index (κ2) is 6.13. The first kappa shape index (κ1) is 17.8. The third kappa shape index (κ3) is 4.03. The molecule has 1 atom stereocenters. The van der Waals surface area contributed by atoms with E-state index < -0.39 is 17.1 Å². The van der Waals surface area contributed by atoms with Gasteiger partial charge in [0.1, 0.15) is 0 Å². The highest BCUT2D eigenvalue weighted by Crippen LogP contribution is 2.32. The van der Waals surface area contributed by atoms with Gasteiger partial charge < -0.3 is 15.4 Å². The number of benzene rings is 1. The molecule has 1 aliphatic rings. The average Bonchev–Trinajstić information content (AvgIpc) is 2.41. The van der Waals surface area contributed by atoms with Gasteiger partial charge in [0.05, 0.1) is 17.0 Å². The minimum Gasteiger partial charge on any atom is -0.353 e. The van der Waals surface area contributed by atoms with Gasteiger partial charge in [0.25, 0.3) is 0 Å². The van der Waals surface area contributed by atoms with Crippen molar-refractivity contribution in [2.45, 2.75) is 40.8 Å². The SMILES string of the molecule is CC(C)(C)C(=O)Nc1ccc(C2NC(=O)C(C)(C)CO2)c(Cl)c1. The van der Waals surface area contributed by atoms with Crippen LogP contribution < -0.4 is 10.6 Å². The molecule has 0 aromatic heterocycles. The molecule has 6 heteroatoms. The summed E-state index contributed by atoms with van der Waals surface area (Å²) in [7, 11) is 0. The molecule has 0 aliphatic carbocycles. The molecule has 23 heavy (non-hydrogen) atoms. The summed E-state index contributed by atoms with van der Waals surface area (Å²) in [6, 6.07) is 5.17. The Hall–Kier alpha value is -1.59. The summed E-state index contributed by atoms with van der Waals surface area (Å²) in [5, 5.41) is 6.07. The normalized spacial score (nSPS) is 20.8. The van der Waals surface area contributed by atoms with E-state index in [9.17, 15) is 9.59 Å². The van der Waals surface area contributed by atoms with Gasteiger partial charge in [-0.2, -0.15) is 0 Å². The molecule has 1 unspecified atom stereocenters. The third-order valence-electron chi connectivity index (χ3n) is 3.71. The lowest BCUT2D eigenvalue weighted by atomic mass is 9.92. The van der Waals surface area contributed by atoms with Crippen LogP contribution in [0.2, 0.25) is 5.02 Å². The van der Waals surface area contributed by atoms with Crippen LogP contribution in [0.3, 0.4) is 0 Å². The van der Waals surface area contributed by atoms with Gasteiger partial charge in [0.15, 0.2) is 6.23 Å².